The maximum atomic E-state index is 13.8. The van der Waals surface area contributed by atoms with E-state index in [1.165, 1.54) is 16.2 Å². The maximum Gasteiger partial charge on any atom is 0.131 e. The largest absolute Gasteiger partial charge is 0.206 e. The van der Waals surface area contributed by atoms with Crippen LogP contribution < -0.4 is 0 Å². The zero-order valence-electron chi connectivity index (χ0n) is 8.78. The van der Waals surface area contributed by atoms with E-state index in [1.807, 2.05) is 24.3 Å². The molecule has 0 saturated carbocycles. The molecule has 84 valence electrons. The number of rotatable bonds is 1. The predicted octanol–water partition coefficient (Wildman–Crippen LogP) is 5.31. The van der Waals surface area contributed by atoms with Gasteiger partial charge in [0, 0.05) is 19.2 Å². The molecule has 0 atom stereocenters. The standard InChI is InChI=1S/C14H8FIS/c15-11-7-3-1-5-9(11)14-13(16)10-6-2-4-8-12(10)17-14/h1-8H. The highest BCUT2D eigenvalue weighted by Gasteiger charge is 2.13. The average molecular weight is 354 g/mol. The van der Waals surface area contributed by atoms with Crippen molar-refractivity contribution in [1.29, 1.82) is 0 Å². The van der Waals surface area contributed by atoms with E-state index in [2.05, 4.69) is 34.7 Å². The molecule has 1 aromatic heterocycles. The van der Waals surface area contributed by atoms with E-state index in [0.29, 0.717) is 5.56 Å². The highest BCUT2D eigenvalue weighted by atomic mass is 127. The normalized spacial score (nSPS) is 10.9. The third-order valence-corrected chi connectivity index (χ3v) is 5.34. The molecular weight excluding hydrogens is 346 g/mol. The van der Waals surface area contributed by atoms with Crippen LogP contribution >= 0.6 is 33.9 Å². The van der Waals surface area contributed by atoms with Crippen LogP contribution in [-0.4, -0.2) is 0 Å². The van der Waals surface area contributed by atoms with Crippen molar-refractivity contribution >= 4 is 44.0 Å². The lowest BCUT2D eigenvalue weighted by molar-refractivity contribution is 0.631. The van der Waals surface area contributed by atoms with Gasteiger partial charge < -0.3 is 0 Å². The van der Waals surface area contributed by atoms with Crippen LogP contribution in [0.5, 0.6) is 0 Å². The molecule has 3 aromatic rings. The van der Waals surface area contributed by atoms with Crippen LogP contribution in [0.1, 0.15) is 0 Å². The molecule has 0 unspecified atom stereocenters. The summed E-state index contributed by atoms with van der Waals surface area (Å²) < 4.78 is 16.1. The molecule has 0 saturated heterocycles. The van der Waals surface area contributed by atoms with Crippen LogP contribution in [0.25, 0.3) is 20.5 Å². The summed E-state index contributed by atoms with van der Waals surface area (Å²) >= 11 is 3.94. The molecule has 0 nitrogen and oxygen atoms in total. The summed E-state index contributed by atoms with van der Waals surface area (Å²) in [5.74, 6) is -0.156. The van der Waals surface area contributed by atoms with Gasteiger partial charge in [-0.3, -0.25) is 0 Å². The van der Waals surface area contributed by atoms with Gasteiger partial charge in [0.25, 0.3) is 0 Å². The summed E-state index contributed by atoms with van der Waals surface area (Å²) in [7, 11) is 0. The van der Waals surface area contributed by atoms with Gasteiger partial charge in [0.15, 0.2) is 0 Å². The SMILES string of the molecule is Fc1ccccc1-c1sc2ccccc2c1I. The Morgan fingerprint density at radius 3 is 2.41 bits per heavy atom. The van der Waals surface area contributed by atoms with Gasteiger partial charge in [-0.1, -0.05) is 36.4 Å². The average Bonchev–Trinajstić information content (AvgIpc) is 2.68. The Morgan fingerprint density at radius 1 is 0.941 bits per heavy atom. The highest BCUT2D eigenvalue weighted by molar-refractivity contribution is 14.1. The molecule has 0 aliphatic carbocycles. The number of benzene rings is 2. The molecule has 0 amide bonds. The van der Waals surface area contributed by atoms with E-state index in [0.717, 1.165) is 8.45 Å². The van der Waals surface area contributed by atoms with Crippen LogP contribution in [0.2, 0.25) is 0 Å². The zero-order valence-corrected chi connectivity index (χ0v) is 11.8. The van der Waals surface area contributed by atoms with Crippen molar-refractivity contribution in [2.75, 3.05) is 0 Å². The first-order chi connectivity index (χ1) is 8.27. The molecular formula is C14H8FIS. The van der Waals surface area contributed by atoms with Crippen molar-refractivity contribution in [3.63, 3.8) is 0 Å². The third kappa shape index (κ3) is 1.87. The van der Waals surface area contributed by atoms with E-state index in [1.54, 1.807) is 17.4 Å². The molecule has 17 heavy (non-hydrogen) atoms. The van der Waals surface area contributed by atoms with Crippen molar-refractivity contribution in [3.8, 4) is 10.4 Å². The van der Waals surface area contributed by atoms with Crippen LogP contribution in [0.4, 0.5) is 4.39 Å². The molecule has 3 heteroatoms. The van der Waals surface area contributed by atoms with E-state index >= 15 is 0 Å². The van der Waals surface area contributed by atoms with E-state index in [-0.39, 0.29) is 5.82 Å². The van der Waals surface area contributed by atoms with E-state index in [9.17, 15) is 4.39 Å². The molecule has 0 radical (unpaired) electrons. The first-order valence-corrected chi connectivity index (χ1v) is 7.09. The molecule has 0 spiro atoms. The summed E-state index contributed by atoms with van der Waals surface area (Å²) in [6, 6.07) is 15.1. The van der Waals surface area contributed by atoms with Gasteiger partial charge in [-0.15, -0.1) is 11.3 Å². The first-order valence-electron chi connectivity index (χ1n) is 5.19. The van der Waals surface area contributed by atoms with Crippen molar-refractivity contribution in [2.45, 2.75) is 0 Å². The predicted molar refractivity (Wildman–Crippen MR) is 79.9 cm³/mol. The van der Waals surface area contributed by atoms with Crippen LogP contribution in [-0.2, 0) is 0 Å². The van der Waals surface area contributed by atoms with Gasteiger partial charge in [-0.25, -0.2) is 4.39 Å². The summed E-state index contributed by atoms with van der Waals surface area (Å²) in [6.07, 6.45) is 0. The van der Waals surface area contributed by atoms with Crippen molar-refractivity contribution in [2.24, 2.45) is 0 Å². The van der Waals surface area contributed by atoms with E-state index < -0.39 is 0 Å². The van der Waals surface area contributed by atoms with Gasteiger partial charge in [-0.05, 0) is 34.7 Å². The lowest BCUT2D eigenvalue weighted by Gasteiger charge is -2.00. The van der Waals surface area contributed by atoms with E-state index in [4.69, 9.17) is 0 Å². The van der Waals surface area contributed by atoms with Gasteiger partial charge in [0.2, 0.25) is 0 Å². The minimum Gasteiger partial charge on any atom is -0.206 e. The first kappa shape index (κ1) is 11.2. The van der Waals surface area contributed by atoms with Crippen LogP contribution in [0.3, 0.4) is 0 Å². The van der Waals surface area contributed by atoms with Crippen molar-refractivity contribution < 1.29 is 4.39 Å². The Labute approximate surface area is 116 Å². The minimum atomic E-state index is -0.156. The number of hydrogen-bond donors (Lipinski definition) is 0. The Morgan fingerprint density at radius 2 is 1.65 bits per heavy atom. The van der Waals surface area contributed by atoms with Crippen LogP contribution in [0.15, 0.2) is 48.5 Å². The number of thiophene rings is 1. The van der Waals surface area contributed by atoms with Gasteiger partial charge in [0.1, 0.15) is 5.82 Å². The van der Waals surface area contributed by atoms with Crippen molar-refractivity contribution in [3.05, 3.63) is 57.9 Å². The number of hydrogen-bond acceptors (Lipinski definition) is 1. The molecule has 2 aromatic carbocycles. The fraction of sp³-hybridized carbons (Fsp3) is 0. The molecule has 0 aliphatic heterocycles. The van der Waals surface area contributed by atoms with Crippen LogP contribution in [0, 0.1) is 9.39 Å². The monoisotopic (exact) mass is 354 g/mol. The van der Waals surface area contributed by atoms with Gasteiger partial charge in [-0.2, -0.15) is 0 Å². The highest BCUT2D eigenvalue weighted by Crippen LogP contribution is 2.39. The fourth-order valence-electron chi connectivity index (χ4n) is 1.83. The van der Waals surface area contributed by atoms with Gasteiger partial charge >= 0.3 is 0 Å². The quantitative estimate of drug-likeness (QED) is 0.520. The topological polar surface area (TPSA) is 0 Å². The maximum absolute atomic E-state index is 13.8. The second-order valence-electron chi connectivity index (χ2n) is 3.72. The summed E-state index contributed by atoms with van der Waals surface area (Å²) in [5.41, 5.74) is 0.693. The fourth-order valence-corrected chi connectivity index (χ4v) is 4.23. The smallest absolute Gasteiger partial charge is 0.131 e. The number of halogens is 2. The molecule has 1 heterocycles. The second kappa shape index (κ2) is 4.38. The Bertz CT molecular complexity index is 688. The van der Waals surface area contributed by atoms with Gasteiger partial charge in [0.05, 0.1) is 4.88 Å². The summed E-state index contributed by atoms with van der Waals surface area (Å²) in [4.78, 5) is 1.02. The summed E-state index contributed by atoms with van der Waals surface area (Å²) in [5, 5.41) is 1.20. The number of fused-ring (bicyclic) bond motifs is 1. The molecule has 0 bridgehead atoms. The summed E-state index contributed by atoms with van der Waals surface area (Å²) in [6.45, 7) is 0. The Kier molecular flexibility index (Phi) is 2.88. The lowest BCUT2D eigenvalue weighted by Crippen LogP contribution is -1.81. The minimum absolute atomic E-state index is 0.156. The Hall–Kier alpha value is -0.940. The lowest BCUT2D eigenvalue weighted by atomic mass is 10.1. The second-order valence-corrected chi connectivity index (χ2v) is 5.85. The third-order valence-electron chi connectivity index (χ3n) is 2.65. The Balaban J connectivity index is 2.32. The molecule has 3 rings (SSSR count). The molecule has 0 N–H and O–H groups in total. The van der Waals surface area contributed by atoms with Crippen molar-refractivity contribution in [1.82, 2.24) is 0 Å². The zero-order chi connectivity index (χ0) is 11.8. The molecule has 0 aliphatic rings. The molecule has 0 fully saturated rings.